The Labute approximate surface area is 90.9 Å². The SMILES string of the molecule is NC(=NO)C1(C(=O)NCc2ncn[nH]2)CC1. The number of nitrogens with zero attached hydrogens (tertiary/aromatic N) is 3. The molecular formula is C8H12N6O2. The molecule has 86 valence electrons. The number of amidine groups is 1. The molecule has 1 saturated carbocycles. The second-order valence-corrected chi connectivity index (χ2v) is 3.68. The van der Waals surface area contributed by atoms with Gasteiger partial charge in [0, 0.05) is 0 Å². The normalized spacial score (nSPS) is 18.1. The summed E-state index contributed by atoms with van der Waals surface area (Å²) >= 11 is 0. The number of H-pyrrole nitrogens is 1. The summed E-state index contributed by atoms with van der Waals surface area (Å²) in [7, 11) is 0. The van der Waals surface area contributed by atoms with Crippen LogP contribution in [0.1, 0.15) is 18.7 Å². The van der Waals surface area contributed by atoms with Crippen molar-refractivity contribution in [1.29, 1.82) is 0 Å². The van der Waals surface area contributed by atoms with Crippen molar-refractivity contribution in [2.24, 2.45) is 16.3 Å². The van der Waals surface area contributed by atoms with Crippen LogP contribution >= 0.6 is 0 Å². The van der Waals surface area contributed by atoms with Gasteiger partial charge in [0.25, 0.3) is 0 Å². The Kier molecular flexibility index (Phi) is 2.47. The third-order valence-corrected chi connectivity index (χ3v) is 2.66. The van der Waals surface area contributed by atoms with Gasteiger partial charge in [-0.15, -0.1) is 0 Å². The predicted octanol–water partition coefficient (Wildman–Crippen LogP) is -1.05. The molecule has 0 saturated heterocycles. The molecule has 1 aromatic rings. The maximum absolute atomic E-state index is 11.8. The summed E-state index contributed by atoms with van der Waals surface area (Å²) < 4.78 is 0. The second-order valence-electron chi connectivity index (χ2n) is 3.68. The van der Waals surface area contributed by atoms with E-state index in [1.807, 2.05) is 0 Å². The monoisotopic (exact) mass is 224 g/mol. The Balaban J connectivity index is 1.94. The van der Waals surface area contributed by atoms with Gasteiger partial charge < -0.3 is 16.3 Å². The summed E-state index contributed by atoms with van der Waals surface area (Å²) in [6.45, 7) is 0.249. The van der Waals surface area contributed by atoms with E-state index in [4.69, 9.17) is 10.9 Å². The van der Waals surface area contributed by atoms with Crippen molar-refractivity contribution in [2.75, 3.05) is 0 Å². The first-order chi connectivity index (χ1) is 7.69. The van der Waals surface area contributed by atoms with Gasteiger partial charge in [0.2, 0.25) is 5.91 Å². The van der Waals surface area contributed by atoms with Crippen molar-refractivity contribution in [3.63, 3.8) is 0 Å². The van der Waals surface area contributed by atoms with Crippen LogP contribution in [0.4, 0.5) is 0 Å². The van der Waals surface area contributed by atoms with Crippen LogP contribution in [0.15, 0.2) is 11.5 Å². The molecule has 2 rings (SSSR count). The number of hydrogen-bond donors (Lipinski definition) is 4. The van der Waals surface area contributed by atoms with Gasteiger partial charge in [0.05, 0.1) is 6.54 Å². The summed E-state index contributed by atoms with van der Waals surface area (Å²) in [6.07, 6.45) is 2.56. The number of aromatic amines is 1. The molecular weight excluding hydrogens is 212 g/mol. The topological polar surface area (TPSA) is 129 Å². The van der Waals surface area contributed by atoms with Crippen LogP contribution in [0, 0.1) is 5.41 Å². The molecule has 0 aromatic carbocycles. The molecule has 8 nitrogen and oxygen atoms in total. The minimum Gasteiger partial charge on any atom is -0.409 e. The van der Waals surface area contributed by atoms with Crippen LogP contribution in [0.5, 0.6) is 0 Å². The fourth-order valence-electron chi connectivity index (χ4n) is 1.47. The first kappa shape index (κ1) is 10.4. The molecule has 0 unspecified atom stereocenters. The highest BCUT2D eigenvalue weighted by atomic mass is 16.4. The highest BCUT2D eigenvalue weighted by molar-refractivity contribution is 6.09. The third-order valence-electron chi connectivity index (χ3n) is 2.66. The zero-order valence-corrected chi connectivity index (χ0v) is 8.47. The number of hydrogen-bond acceptors (Lipinski definition) is 5. The van der Waals surface area contributed by atoms with E-state index >= 15 is 0 Å². The number of carbonyl (C=O) groups is 1. The molecule has 0 bridgehead atoms. The van der Waals surface area contributed by atoms with Crippen LogP contribution in [-0.2, 0) is 11.3 Å². The lowest BCUT2D eigenvalue weighted by atomic mass is 10.1. The largest absolute Gasteiger partial charge is 0.409 e. The lowest BCUT2D eigenvalue weighted by Gasteiger charge is -2.12. The van der Waals surface area contributed by atoms with Gasteiger partial charge in [-0.3, -0.25) is 9.89 Å². The summed E-state index contributed by atoms with van der Waals surface area (Å²) in [4.78, 5) is 15.6. The fourth-order valence-corrected chi connectivity index (χ4v) is 1.47. The molecule has 1 fully saturated rings. The number of nitrogens with one attached hydrogen (secondary N) is 2. The predicted molar refractivity (Wildman–Crippen MR) is 53.3 cm³/mol. The van der Waals surface area contributed by atoms with Crippen LogP contribution in [0.25, 0.3) is 0 Å². The highest BCUT2D eigenvalue weighted by Crippen LogP contribution is 2.46. The van der Waals surface area contributed by atoms with Gasteiger partial charge in [-0.25, -0.2) is 4.98 Å². The standard InChI is InChI=1S/C8H12N6O2/c9-6(14-16)8(1-2-8)7(15)10-3-5-11-4-12-13-5/h4,16H,1-3H2,(H2,9,14)(H,10,15)(H,11,12,13). The van der Waals surface area contributed by atoms with E-state index in [2.05, 4.69) is 25.7 Å². The van der Waals surface area contributed by atoms with Crippen molar-refractivity contribution in [3.8, 4) is 0 Å². The Morgan fingerprint density at radius 3 is 3.00 bits per heavy atom. The molecule has 1 aliphatic rings. The molecule has 5 N–H and O–H groups in total. The van der Waals surface area contributed by atoms with Gasteiger partial charge in [-0.05, 0) is 12.8 Å². The molecule has 0 atom stereocenters. The zero-order chi connectivity index (χ0) is 11.6. The fraction of sp³-hybridized carbons (Fsp3) is 0.500. The molecule has 1 amide bonds. The molecule has 0 aliphatic heterocycles. The first-order valence-electron chi connectivity index (χ1n) is 4.79. The van der Waals surface area contributed by atoms with E-state index in [9.17, 15) is 4.79 Å². The second kappa shape index (κ2) is 3.80. The Morgan fingerprint density at radius 2 is 2.50 bits per heavy atom. The van der Waals surface area contributed by atoms with Crippen molar-refractivity contribution in [1.82, 2.24) is 20.5 Å². The molecule has 1 heterocycles. The van der Waals surface area contributed by atoms with E-state index in [1.54, 1.807) is 0 Å². The Morgan fingerprint density at radius 1 is 1.75 bits per heavy atom. The van der Waals surface area contributed by atoms with E-state index in [0.717, 1.165) is 0 Å². The maximum atomic E-state index is 11.8. The van der Waals surface area contributed by atoms with E-state index in [0.29, 0.717) is 18.7 Å². The maximum Gasteiger partial charge on any atom is 0.234 e. The average Bonchev–Trinajstić information content (AvgIpc) is 2.95. The minimum absolute atomic E-state index is 0.0393. The molecule has 16 heavy (non-hydrogen) atoms. The summed E-state index contributed by atoms with van der Waals surface area (Å²) in [6, 6.07) is 0. The summed E-state index contributed by atoms with van der Waals surface area (Å²) in [5.41, 5.74) is 4.64. The summed E-state index contributed by atoms with van der Waals surface area (Å²) in [5, 5.41) is 20.4. The first-order valence-corrected chi connectivity index (χ1v) is 4.79. The third kappa shape index (κ3) is 1.69. The number of carbonyl (C=O) groups excluding carboxylic acids is 1. The van der Waals surface area contributed by atoms with Crippen LogP contribution in [0.2, 0.25) is 0 Å². The van der Waals surface area contributed by atoms with Gasteiger partial charge in [-0.1, -0.05) is 5.16 Å². The lowest BCUT2D eigenvalue weighted by molar-refractivity contribution is -0.124. The van der Waals surface area contributed by atoms with Crippen LogP contribution in [-0.4, -0.2) is 32.1 Å². The Hall–Kier alpha value is -2.12. The van der Waals surface area contributed by atoms with Crippen molar-refractivity contribution >= 4 is 11.7 Å². The zero-order valence-electron chi connectivity index (χ0n) is 8.47. The van der Waals surface area contributed by atoms with E-state index in [-0.39, 0.29) is 18.3 Å². The molecule has 0 spiro atoms. The molecule has 1 aromatic heterocycles. The molecule has 1 aliphatic carbocycles. The quantitative estimate of drug-likeness (QED) is 0.224. The number of oxime groups is 1. The Bertz CT molecular complexity index is 408. The van der Waals surface area contributed by atoms with Gasteiger partial charge in [0.15, 0.2) is 5.84 Å². The number of amides is 1. The number of aromatic nitrogens is 3. The van der Waals surface area contributed by atoms with Crippen molar-refractivity contribution < 1.29 is 10.0 Å². The number of nitrogens with two attached hydrogens (primary N) is 1. The minimum atomic E-state index is -0.825. The summed E-state index contributed by atoms with van der Waals surface area (Å²) in [5.74, 6) is 0.269. The van der Waals surface area contributed by atoms with Gasteiger partial charge in [-0.2, -0.15) is 5.10 Å². The van der Waals surface area contributed by atoms with E-state index < -0.39 is 5.41 Å². The van der Waals surface area contributed by atoms with Crippen LogP contribution in [0.3, 0.4) is 0 Å². The van der Waals surface area contributed by atoms with Crippen LogP contribution < -0.4 is 11.1 Å². The van der Waals surface area contributed by atoms with Gasteiger partial charge >= 0.3 is 0 Å². The number of rotatable bonds is 4. The highest BCUT2D eigenvalue weighted by Gasteiger charge is 2.54. The lowest BCUT2D eigenvalue weighted by Crippen LogP contribution is -2.40. The molecule has 8 heteroatoms. The molecule has 0 radical (unpaired) electrons. The van der Waals surface area contributed by atoms with Crippen molar-refractivity contribution in [3.05, 3.63) is 12.2 Å². The van der Waals surface area contributed by atoms with E-state index in [1.165, 1.54) is 6.33 Å². The van der Waals surface area contributed by atoms with Gasteiger partial charge in [0.1, 0.15) is 17.6 Å². The van der Waals surface area contributed by atoms with Crippen molar-refractivity contribution in [2.45, 2.75) is 19.4 Å². The smallest absolute Gasteiger partial charge is 0.234 e. The average molecular weight is 224 g/mol.